The average Bonchev–Trinajstić information content (AvgIpc) is 3.21. The zero-order valence-corrected chi connectivity index (χ0v) is 18.3. The number of carbonyl (C=O) groups is 1. The highest BCUT2D eigenvalue weighted by Crippen LogP contribution is 2.75. The first-order valence-electron chi connectivity index (χ1n) is 10.2. The van der Waals surface area contributed by atoms with Gasteiger partial charge in [0.05, 0.1) is 23.7 Å². The van der Waals surface area contributed by atoms with Crippen molar-refractivity contribution in [1.29, 1.82) is 0 Å². The van der Waals surface area contributed by atoms with Crippen molar-refractivity contribution in [3.63, 3.8) is 0 Å². The van der Waals surface area contributed by atoms with Crippen LogP contribution in [0.2, 0.25) is 5.02 Å². The van der Waals surface area contributed by atoms with Crippen molar-refractivity contribution in [3.8, 4) is 17.4 Å². The van der Waals surface area contributed by atoms with Gasteiger partial charge in [0.1, 0.15) is 17.3 Å². The summed E-state index contributed by atoms with van der Waals surface area (Å²) in [5.41, 5.74) is 4.85. The smallest absolute Gasteiger partial charge is 0.259 e. The SMILES string of the molecule is COc1ccc(OCc2nnc(C34CC(C(Oc5ccc(Cl)c(F)c5)C(N)=O)(C3)C4)o2)cn1. The number of hydrogen-bond donors (Lipinski definition) is 1. The second kappa shape index (κ2) is 7.87. The maximum absolute atomic E-state index is 13.7. The van der Waals surface area contributed by atoms with Crippen LogP contribution in [0.5, 0.6) is 17.4 Å². The fourth-order valence-corrected chi connectivity index (χ4v) is 4.90. The van der Waals surface area contributed by atoms with Crippen LogP contribution < -0.4 is 19.9 Å². The van der Waals surface area contributed by atoms with Gasteiger partial charge in [-0.25, -0.2) is 9.37 Å². The molecule has 2 aromatic heterocycles. The fraction of sp³-hybridized carbons (Fsp3) is 0.364. The van der Waals surface area contributed by atoms with Crippen LogP contribution in [-0.4, -0.2) is 34.3 Å². The van der Waals surface area contributed by atoms with Crippen LogP contribution >= 0.6 is 11.6 Å². The van der Waals surface area contributed by atoms with Gasteiger partial charge < -0.3 is 24.4 Å². The van der Waals surface area contributed by atoms with E-state index in [1.807, 2.05) is 0 Å². The Hall–Kier alpha value is -3.40. The van der Waals surface area contributed by atoms with E-state index in [1.165, 1.54) is 25.4 Å². The third kappa shape index (κ3) is 3.74. The van der Waals surface area contributed by atoms with Gasteiger partial charge in [-0.1, -0.05) is 11.6 Å². The summed E-state index contributed by atoms with van der Waals surface area (Å²) >= 11 is 5.71. The lowest BCUT2D eigenvalue weighted by molar-refractivity contribution is -0.208. The van der Waals surface area contributed by atoms with Gasteiger partial charge in [0, 0.05) is 17.5 Å². The molecule has 1 amide bonds. The summed E-state index contributed by atoms with van der Waals surface area (Å²) in [6.07, 6.45) is 2.46. The number of aromatic nitrogens is 3. The largest absolute Gasteiger partial charge is 0.482 e. The molecule has 0 radical (unpaired) electrons. The number of nitrogens with zero attached hydrogens (tertiary/aromatic N) is 3. The number of carbonyl (C=O) groups excluding carboxylic acids is 1. The normalized spacial score (nSPS) is 23.7. The van der Waals surface area contributed by atoms with Gasteiger partial charge in [0.25, 0.3) is 11.8 Å². The van der Waals surface area contributed by atoms with E-state index in [1.54, 1.807) is 12.1 Å². The van der Waals surface area contributed by atoms with Crippen LogP contribution in [-0.2, 0) is 16.8 Å². The minimum absolute atomic E-state index is 0.0260. The summed E-state index contributed by atoms with van der Waals surface area (Å²) in [7, 11) is 1.53. The molecule has 2 N–H and O–H groups in total. The van der Waals surface area contributed by atoms with Gasteiger partial charge in [-0.15, -0.1) is 10.2 Å². The van der Waals surface area contributed by atoms with Crippen molar-refractivity contribution >= 4 is 17.5 Å². The maximum Gasteiger partial charge on any atom is 0.259 e. The van der Waals surface area contributed by atoms with Crippen molar-refractivity contribution in [2.75, 3.05) is 7.11 Å². The summed E-state index contributed by atoms with van der Waals surface area (Å²) in [6.45, 7) is 0.0946. The van der Waals surface area contributed by atoms with Crippen molar-refractivity contribution in [2.24, 2.45) is 11.1 Å². The van der Waals surface area contributed by atoms with Crippen LogP contribution in [0.4, 0.5) is 4.39 Å². The molecule has 3 aliphatic rings. The number of rotatable bonds is 9. The van der Waals surface area contributed by atoms with E-state index in [4.69, 9.17) is 36.0 Å². The van der Waals surface area contributed by atoms with E-state index >= 15 is 0 Å². The quantitative estimate of drug-likeness (QED) is 0.501. The Morgan fingerprint density at radius 3 is 2.64 bits per heavy atom. The Labute approximate surface area is 193 Å². The van der Waals surface area contributed by atoms with Gasteiger partial charge in [-0.3, -0.25) is 4.79 Å². The van der Waals surface area contributed by atoms with Gasteiger partial charge in [-0.2, -0.15) is 0 Å². The van der Waals surface area contributed by atoms with Gasteiger partial charge in [0.15, 0.2) is 12.7 Å². The monoisotopic (exact) mass is 474 g/mol. The Bertz CT molecular complexity index is 1180. The minimum atomic E-state index is -0.895. The molecule has 0 saturated heterocycles. The van der Waals surface area contributed by atoms with Crippen molar-refractivity contribution in [2.45, 2.75) is 37.4 Å². The highest BCUT2D eigenvalue weighted by molar-refractivity contribution is 6.30. The van der Waals surface area contributed by atoms with Crippen LogP contribution in [0.15, 0.2) is 40.9 Å². The first-order valence-corrected chi connectivity index (χ1v) is 10.6. The molecule has 172 valence electrons. The summed E-state index contributed by atoms with van der Waals surface area (Å²) in [5.74, 6) is 0.823. The predicted molar refractivity (Wildman–Crippen MR) is 112 cm³/mol. The molecule has 3 aliphatic carbocycles. The fourth-order valence-electron chi connectivity index (χ4n) is 4.79. The Balaban J connectivity index is 1.21. The number of pyridine rings is 1. The molecule has 3 fully saturated rings. The first-order chi connectivity index (χ1) is 15.8. The number of nitrogens with two attached hydrogens (primary N) is 1. The molecule has 3 aromatic rings. The number of halogens is 2. The van der Waals surface area contributed by atoms with Gasteiger partial charge in [0.2, 0.25) is 11.8 Å². The van der Waals surface area contributed by atoms with Crippen LogP contribution in [0.3, 0.4) is 0 Å². The molecule has 2 bridgehead atoms. The van der Waals surface area contributed by atoms with E-state index in [0.29, 0.717) is 42.7 Å². The van der Waals surface area contributed by atoms with E-state index in [0.717, 1.165) is 6.07 Å². The van der Waals surface area contributed by atoms with E-state index in [-0.39, 0.29) is 22.8 Å². The molecule has 1 atom stereocenters. The number of hydrogen-bond acceptors (Lipinski definition) is 8. The van der Waals surface area contributed by atoms with E-state index < -0.39 is 23.2 Å². The van der Waals surface area contributed by atoms with Crippen LogP contribution in [0, 0.1) is 11.2 Å². The highest BCUT2D eigenvalue weighted by atomic mass is 35.5. The summed E-state index contributed by atoms with van der Waals surface area (Å²) in [6, 6.07) is 7.43. The molecular weight excluding hydrogens is 455 g/mol. The average molecular weight is 475 g/mol. The molecule has 11 heteroatoms. The van der Waals surface area contributed by atoms with Crippen molar-refractivity contribution in [1.82, 2.24) is 15.2 Å². The van der Waals surface area contributed by atoms with Crippen molar-refractivity contribution < 1.29 is 27.8 Å². The van der Waals surface area contributed by atoms with Crippen molar-refractivity contribution in [3.05, 3.63) is 59.1 Å². The Kier molecular flexibility index (Phi) is 5.12. The zero-order valence-electron chi connectivity index (χ0n) is 17.6. The lowest BCUT2D eigenvalue weighted by Gasteiger charge is -2.69. The predicted octanol–water partition coefficient (Wildman–Crippen LogP) is 3.20. The van der Waals surface area contributed by atoms with Gasteiger partial charge >= 0.3 is 0 Å². The second-order valence-electron chi connectivity index (χ2n) is 8.48. The topological polar surface area (TPSA) is 123 Å². The molecule has 6 rings (SSSR count). The zero-order chi connectivity index (χ0) is 23.2. The third-order valence-electron chi connectivity index (χ3n) is 6.23. The number of amides is 1. The standard InChI is InChI=1S/C22H20ClFN4O5/c1-30-16-5-3-13(7-26-16)31-8-17-27-28-20(33-17)22-9-21(10-22,11-22)18(19(25)29)32-12-2-4-14(23)15(24)6-12/h2-7,18H,8-11H2,1H3,(H2,25,29). The second-order valence-corrected chi connectivity index (χ2v) is 8.88. The molecule has 0 aliphatic heterocycles. The molecule has 0 spiro atoms. The maximum atomic E-state index is 13.7. The highest BCUT2D eigenvalue weighted by Gasteiger charge is 2.75. The molecule has 9 nitrogen and oxygen atoms in total. The molecule has 33 heavy (non-hydrogen) atoms. The number of benzene rings is 1. The minimum Gasteiger partial charge on any atom is -0.482 e. The Morgan fingerprint density at radius 2 is 2.00 bits per heavy atom. The molecule has 2 heterocycles. The molecule has 1 aromatic carbocycles. The summed E-state index contributed by atoms with van der Waals surface area (Å²) in [4.78, 5) is 16.2. The summed E-state index contributed by atoms with van der Waals surface area (Å²) in [5, 5.41) is 8.21. The lowest BCUT2D eigenvalue weighted by Crippen LogP contribution is -2.72. The summed E-state index contributed by atoms with van der Waals surface area (Å²) < 4.78 is 36.0. The number of ether oxygens (including phenoxy) is 3. The number of primary amides is 1. The third-order valence-corrected chi connectivity index (χ3v) is 6.54. The van der Waals surface area contributed by atoms with Crippen LogP contribution in [0.25, 0.3) is 0 Å². The lowest BCUT2D eigenvalue weighted by atomic mass is 9.33. The number of methoxy groups -OCH3 is 1. The molecule has 1 unspecified atom stereocenters. The van der Waals surface area contributed by atoms with Crippen LogP contribution in [0.1, 0.15) is 31.0 Å². The van der Waals surface area contributed by atoms with E-state index in [9.17, 15) is 9.18 Å². The van der Waals surface area contributed by atoms with Gasteiger partial charge in [-0.05, 0) is 37.5 Å². The first kappa shape index (κ1) is 21.4. The Morgan fingerprint density at radius 1 is 1.24 bits per heavy atom. The molecular formula is C22H20ClFN4O5. The molecule has 3 saturated carbocycles. The van der Waals surface area contributed by atoms with E-state index in [2.05, 4.69) is 15.2 Å².